The topological polar surface area (TPSA) is 12.9 Å². The first-order valence-corrected chi connectivity index (χ1v) is 9.23. The Hall–Kier alpha value is -0.150. The number of halogens is 1. The summed E-state index contributed by atoms with van der Waals surface area (Å²) in [5.74, 6) is 0.771. The van der Waals surface area contributed by atoms with Crippen LogP contribution < -0.4 is 0 Å². The molecule has 3 heteroatoms. The van der Waals surface area contributed by atoms with Crippen molar-refractivity contribution < 1.29 is 0 Å². The molecular formula is C16H24BrNS. The van der Waals surface area contributed by atoms with Crippen LogP contribution >= 0.6 is 27.3 Å². The van der Waals surface area contributed by atoms with Crippen molar-refractivity contribution in [3.8, 4) is 0 Å². The van der Waals surface area contributed by atoms with E-state index in [9.17, 15) is 0 Å². The zero-order valence-corrected chi connectivity index (χ0v) is 14.6. The molecule has 0 bridgehead atoms. The Bertz CT molecular complexity index is 436. The van der Waals surface area contributed by atoms with Gasteiger partial charge in [0.05, 0.1) is 10.7 Å². The van der Waals surface area contributed by atoms with Gasteiger partial charge in [0.1, 0.15) is 0 Å². The van der Waals surface area contributed by atoms with Crippen LogP contribution in [-0.2, 0) is 5.41 Å². The van der Waals surface area contributed by atoms with Crippen LogP contribution in [0.1, 0.15) is 63.6 Å². The maximum Gasteiger partial charge on any atom is 0.0985 e. The largest absolute Gasteiger partial charge is 0.241 e. The highest BCUT2D eigenvalue weighted by Crippen LogP contribution is 2.32. The van der Waals surface area contributed by atoms with Crippen LogP contribution in [0, 0.1) is 5.92 Å². The van der Waals surface area contributed by atoms with E-state index in [1.807, 2.05) is 0 Å². The van der Waals surface area contributed by atoms with Gasteiger partial charge in [-0.2, -0.15) is 0 Å². The molecule has 0 atom stereocenters. The Balaban J connectivity index is 2.15. The molecular weight excluding hydrogens is 318 g/mol. The first-order valence-electron chi connectivity index (χ1n) is 7.23. The highest BCUT2D eigenvalue weighted by molar-refractivity contribution is 9.09. The van der Waals surface area contributed by atoms with Crippen molar-refractivity contribution in [1.29, 1.82) is 0 Å². The first-order chi connectivity index (χ1) is 9.00. The summed E-state index contributed by atoms with van der Waals surface area (Å²) in [7, 11) is 0. The summed E-state index contributed by atoms with van der Waals surface area (Å²) in [5.41, 5.74) is 2.84. The normalized spacial score (nSPS) is 18.8. The van der Waals surface area contributed by atoms with Crippen LogP contribution in [0.5, 0.6) is 0 Å². The van der Waals surface area contributed by atoms with E-state index in [0.717, 1.165) is 16.9 Å². The van der Waals surface area contributed by atoms with Crippen molar-refractivity contribution in [2.75, 3.05) is 5.33 Å². The van der Waals surface area contributed by atoms with E-state index in [-0.39, 0.29) is 5.41 Å². The molecule has 2 rings (SSSR count). The Kier molecular flexibility index (Phi) is 5.24. The minimum absolute atomic E-state index is 0.163. The SMILES string of the molecule is CC(C)(C)c1nc(/C=C(/CBr)C2CCCCC2)cs1. The molecule has 1 aromatic heterocycles. The van der Waals surface area contributed by atoms with Gasteiger partial charge in [-0.05, 0) is 24.8 Å². The molecule has 1 heterocycles. The molecule has 106 valence electrons. The fourth-order valence-corrected chi connectivity index (χ4v) is 4.11. The van der Waals surface area contributed by atoms with Gasteiger partial charge in [-0.25, -0.2) is 4.98 Å². The summed E-state index contributed by atoms with van der Waals surface area (Å²) in [6, 6.07) is 0. The number of thiazole rings is 1. The molecule has 1 aromatic rings. The number of allylic oxidation sites excluding steroid dienone is 1. The summed E-state index contributed by atoms with van der Waals surface area (Å²) in [6.45, 7) is 6.68. The quantitative estimate of drug-likeness (QED) is 0.633. The molecule has 1 fully saturated rings. The van der Waals surface area contributed by atoms with Gasteiger partial charge in [0.15, 0.2) is 0 Å². The van der Waals surface area contributed by atoms with Crippen molar-refractivity contribution >= 4 is 33.3 Å². The monoisotopic (exact) mass is 341 g/mol. The molecule has 0 saturated heterocycles. The summed E-state index contributed by atoms with van der Waals surface area (Å²) in [6.07, 6.45) is 9.22. The van der Waals surface area contributed by atoms with Crippen molar-refractivity contribution in [3.63, 3.8) is 0 Å². The lowest BCUT2D eigenvalue weighted by Gasteiger charge is -2.23. The van der Waals surface area contributed by atoms with Gasteiger partial charge in [-0.3, -0.25) is 0 Å². The molecule has 1 aliphatic rings. The van der Waals surface area contributed by atoms with E-state index in [0.29, 0.717) is 0 Å². The first kappa shape index (κ1) is 15.2. The molecule has 0 amide bonds. The Morgan fingerprint density at radius 3 is 2.58 bits per heavy atom. The van der Waals surface area contributed by atoms with E-state index in [2.05, 4.69) is 48.2 Å². The van der Waals surface area contributed by atoms with Crippen molar-refractivity contribution in [2.45, 2.75) is 58.3 Å². The Morgan fingerprint density at radius 1 is 1.37 bits per heavy atom. The van der Waals surface area contributed by atoms with Crippen LogP contribution in [0.3, 0.4) is 0 Å². The van der Waals surface area contributed by atoms with E-state index < -0.39 is 0 Å². The molecule has 19 heavy (non-hydrogen) atoms. The highest BCUT2D eigenvalue weighted by Gasteiger charge is 2.19. The lowest BCUT2D eigenvalue weighted by atomic mass is 9.84. The van der Waals surface area contributed by atoms with E-state index in [1.54, 1.807) is 11.3 Å². The third-order valence-electron chi connectivity index (χ3n) is 3.78. The molecule has 0 unspecified atom stereocenters. The van der Waals surface area contributed by atoms with E-state index in [1.165, 1.54) is 42.7 Å². The smallest absolute Gasteiger partial charge is 0.0985 e. The van der Waals surface area contributed by atoms with Crippen LogP contribution in [0.4, 0.5) is 0 Å². The van der Waals surface area contributed by atoms with E-state index >= 15 is 0 Å². The molecule has 1 saturated carbocycles. The predicted octanol–water partition coefficient (Wildman–Crippen LogP) is 5.80. The Morgan fingerprint density at radius 2 is 2.05 bits per heavy atom. The van der Waals surface area contributed by atoms with Gasteiger partial charge >= 0.3 is 0 Å². The number of nitrogens with zero attached hydrogens (tertiary/aromatic N) is 1. The summed E-state index contributed by atoms with van der Waals surface area (Å²) < 4.78 is 0. The second-order valence-corrected chi connectivity index (χ2v) is 7.93. The molecule has 0 N–H and O–H groups in total. The molecule has 0 radical (unpaired) electrons. The molecule has 0 aromatic carbocycles. The maximum absolute atomic E-state index is 4.79. The molecule has 1 aliphatic carbocycles. The number of rotatable bonds is 3. The minimum Gasteiger partial charge on any atom is -0.241 e. The van der Waals surface area contributed by atoms with Crippen LogP contribution in [0.15, 0.2) is 11.0 Å². The average molecular weight is 342 g/mol. The van der Waals surface area contributed by atoms with Crippen LogP contribution in [-0.4, -0.2) is 10.3 Å². The highest BCUT2D eigenvalue weighted by atomic mass is 79.9. The van der Waals surface area contributed by atoms with Gasteiger partial charge in [0, 0.05) is 16.1 Å². The van der Waals surface area contributed by atoms with Crippen LogP contribution in [0.2, 0.25) is 0 Å². The predicted molar refractivity (Wildman–Crippen MR) is 89.2 cm³/mol. The maximum atomic E-state index is 4.79. The van der Waals surface area contributed by atoms with Gasteiger partial charge in [0.25, 0.3) is 0 Å². The fraction of sp³-hybridized carbons (Fsp3) is 0.688. The molecule has 0 aliphatic heterocycles. The zero-order valence-electron chi connectivity index (χ0n) is 12.2. The average Bonchev–Trinajstić information content (AvgIpc) is 2.85. The number of hydrogen-bond donors (Lipinski definition) is 0. The van der Waals surface area contributed by atoms with Gasteiger partial charge in [-0.15, -0.1) is 11.3 Å². The fourth-order valence-electron chi connectivity index (χ4n) is 2.63. The summed E-state index contributed by atoms with van der Waals surface area (Å²) in [4.78, 5) is 4.79. The van der Waals surface area contributed by atoms with Crippen molar-refractivity contribution in [3.05, 3.63) is 21.7 Å². The lowest BCUT2D eigenvalue weighted by Crippen LogP contribution is -2.11. The molecule has 1 nitrogen and oxygen atoms in total. The van der Waals surface area contributed by atoms with Crippen LogP contribution in [0.25, 0.3) is 6.08 Å². The summed E-state index contributed by atoms with van der Waals surface area (Å²) in [5, 5.41) is 4.42. The standard InChI is InChI=1S/C16H24BrNS/c1-16(2,3)15-18-14(11-19-15)9-13(10-17)12-7-5-4-6-8-12/h9,11-12H,4-8,10H2,1-3H3/b13-9-. The number of alkyl halides is 1. The van der Waals surface area contributed by atoms with Crippen molar-refractivity contribution in [1.82, 2.24) is 4.98 Å². The lowest BCUT2D eigenvalue weighted by molar-refractivity contribution is 0.405. The number of aromatic nitrogens is 1. The minimum atomic E-state index is 0.163. The summed E-state index contributed by atoms with van der Waals surface area (Å²) >= 11 is 5.45. The number of hydrogen-bond acceptors (Lipinski definition) is 2. The van der Waals surface area contributed by atoms with Gasteiger partial charge < -0.3 is 0 Å². The van der Waals surface area contributed by atoms with Gasteiger partial charge in [-0.1, -0.05) is 61.5 Å². The third kappa shape index (κ3) is 4.16. The van der Waals surface area contributed by atoms with Gasteiger partial charge in [0.2, 0.25) is 0 Å². The molecule has 0 spiro atoms. The Labute approximate surface area is 129 Å². The second kappa shape index (κ2) is 6.53. The second-order valence-electron chi connectivity index (χ2n) is 6.52. The third-order valence-corrected chi connectivity index (χ3v) is 5.71. The zero-order chi connectivity index (χ0) is 13.9. The van der Waals surface area contributed by atoms with Crippen molar-refractivity contribution in [2.24, 2.45) is 5.92 Å². The van der Waals surface area contributed by atoms with E-state index in [4.69, 9.17) is 4.98 Å².